The number of aryl methyl sites for hydroxylation is 1. The quantitative estimate of drug-likeness (QED) is 0.700. The summed E-state index contributed by atoms with van der Waals surface area (Å²) in [5.74, 6) is 0. The lowest BCUT2D eigenvalue weighted by atomic mass is 10.2. The van der Waals surface area contributed by atoms with Crippen molar-refractivity contribution in [3.8, 4) is 0 Å². The van der Waals surface area contributed by atoms with Gasteiger partial charge in [0.25, 0.3) is 0 Å². The topological polar surface area (TPSA) is 28.7 Å². The molecule has 0 bridgehead atoms. The minimum atomic E-state index is 0.768. The fourth-order valence-electron chi connectivity index (χ4n) is 1.06. The molecule has 2 nitrogen and oxygen atoms in total. The third-order valence-electron chi connectivity index (χ3n) is 1.70. The number of nitrogens with zero attached hydrogens (tertiary/aromatic N) is 1. The van der Waals surface area contributed by atoms with Gasteiger partial charge >= 0.3 is 0 Å². The Hall–Kier alpha value is -1.02. The van der Waals surface area contributed by atoms with Crippen LogP contribution in [0.25, 0.3) is 11.0 Å². The molecule has 0 amide bonds. The van der Waals surface area contributed by atoms with E-state index in [1.165, 1.54) is 0 Å². The predicted molar refractivity (Wildman–Crippen MR) is 68.5 cm³/mol. The summed E-state index contributed by atoms with van der Waals surface area (Å²) in [6.07, 6.45) is 1.67. The van der Waals surface area contributed by atoms with Gasteiger partial charge in [0.15, 0.2) is 0 Å². The Balaban J connectivity index is 0.000000442. The molecule has 1 aromatic carbocycles. The number of aromatic nitrogens is 2. The van der Waals surface area contributed by atoms with Gasteiger partial charge in [0.1, 0.15) is 0 Å². The first-order valence-electron chi connectivity index (χ1n) is 5.36. The summed E-state index contributed by atoms with van der Waals surface area (Å²) in [5.41, 5.74) is 3.02. The zero-order valence-electron chi connectivity index (χ0n) is 10.1. The first kappa shape index (κ1) is 14.0. The Morgan fingerprint density at radius 2 is 1.73 bits per heavy atom. The second kappa shape index (κ2) is 7.30. The average molecular weight is 227 g/mol. The Bertz CT molecular complexity index is 357. The number of benzene rings is 1. The van der Waals surface area contributed by atoms with Gasteiger partial charge in [0, 0.05) is 5.02 Å². The minimum absolute atomic E-state index is 0.768. The maximum atomic E-state index is 5.89. The van der Waals surface area contributed by atoms with E-state index in [4.69, 9.17) is 11.6 Å². The molecule has 1 aromatic heterocycles. The highest BCUT2D eigenvalue weighted by molar-refractivity contribution is 6.32. The van der Waals surface area contributed by atoms with Crippen LogP contribution in [0.4, 0.5) is 0 Å². The molecule has 0 spiro atoms. The molecule has 0 aliphatic carbocycles. The molecular weight excluding hydrogens is 208 g/mol. The van der Waals surface area contributed by atoms with Crippen molar-refractivity contribution in [3.05, 3.63) is 29.0 Å². The molecule has 15 heavy (non-hydrogen) atoms. The summed E-state index contributed by atoms with van der Waals surface area (Å²) >= 11 is 5.89. The van der Waals surface area contributed by atoms with E-state index < -0.39 is 0 Å². The highest BCUT2D eigenvalue weighted by Gasteiger charge is 1.99. The molecule has 0 radical (unpaired) electrons. The number of aromatic amines is 1. The van der Waals surface area contributed by atoms with Crippen molar-refractivity contribution in [2.75, 3.05) is 0 Å². The fourth-order valence-corrected chi connectivity index (χ4v) is 1.22. The third-order valence-corrected chi connectivity index (χ3v) is 2.11. The van der Waals surface area contributed by atoms with Gasteiger partial charge in [-0.3, -0.25) is 0 Å². The van der Waals surface area contributed by atoms with Crippen molar-refractivity contribution in [1.82, 2.24) is 9.97 Å². The Kier molecular flexibility index (Phi) is 6.80. The van der Waals surface area contributed by atoms with Crippen LogP contribution in [0.1, 0.15) is 33.3 Å². The molecule has 2 rings (SSSR count). The lowest BCUT2D eigenvalue weighted by Crippen LogP contribution is -1.75. The zero-order valence-corrected chi connectivity index (χ0v) is 10.8. The van der Waals surface area contributed by atoms with Crippen LogP contribution in [-0.2, 0) is 0 Å². The summed E-state index contributed by atoms with van der Waals surface area (Å²) in [6, 6.07) is 3.85. The van der Waals surface area contributed by atoms with E-state index in [1.807, 2.05) is 46.8 Å². The summed E-state index contributed by atoms with van der Waals surface area (Å²) in [4.78, 5) is 7.10. The van der Waals surface area contributed by atoms with Crippen molar-refractivity contribution in [2.45, 2.75) is 34.6 Å². The standard InChI is InChI=1S/C8H7ClN2.2C2H6/c1-5-2-7-8(3-6(5)9)11-4-10-7;2*1-2/h2-4H,1H3,(H,10,11);2*1-2H3. The van der Waals surface area contributed by atoms with Crippen LogP contribution >= 0.6 is 11.6 Å². The minimum Gasteiger partial charge on any atom is -0.345 e. The maximum Gasteiger partial charge on any atom is 0.0931 e. The molecule has 2 aromatic rings. The second-order valence-corrected chi connectivity index (χ2v) is 2.93. The number of imidazole rings is 1. The van der Waals surface area contributed by atoms with Crippen molar-refractivity contribution < 1.29 is 0 Å². The van der Waals surface area contributed by atoms with Crippen LogP contribution in [0, 0.1) is 6.92 Å². The molecular formula is C12H19ClN2. The van der Waals surface area contributed by atoms with Gasteiger partial charge < -0.3 is 4.98 Å². The van der Waals surface area contributed by atoms with Gasteiger partial charge in [0.05, 0.1) is 17.4 Å². The average Bonchev–Trinajstić information content (AvgIpc) is 2.72. The van der Waals surface area contributed by atoms with Crippen LogP contribution < -0.4 is 0 Å². The Morgan fingerprint density at radius 1 is 1.13 bits per heavy atom. The van der Waals surface area contributed by atoms with Gasteiger partial charge in [-0.25, -0.2) is 4.98 Å². The number of hydrogen-bond donors (Lipinski definition) is 1. The van der Waals surface area contributed by atoms with E-state index in [1.54, 1.807) is 6.33 Å². The summed E-state index contributed by atoms with van der Waals surface area (Å²) in [6.45, 7) is 9.97. The lowest BCUT2D eigenvalue weighted by Gasteiger charge is -1.95. The van der Waals surface area contributed by atoms with Gasteiger partial charge in [-0.05, 0) is 24.6 Å². The molecule has 0 fully saturated rings. The molecule has 1 heterocycles. The lowest BCUT2D eigenvalue weighted by molar-refractivity contribution is 1.34. The molecule has 0 aliphatic heterocycles. The van der Waals surface area contributed by atoms with Crippen LogP contribution in [0.3, 0.4) is 0 Å². The molecule has 1 N–H and O–H groups in total. The molecule has 0 atom stereocenters. The molecule has 3 heteroatoms. The van der Waals surface area contributed by atoms with Gasteiger partial charge in [-0.2, -0.15) is 0 Å². The predicted octanol–water partition coefficient (Wildman–Crippen LogP) is 4.58. The normalized spacial score (nSPS) is 8.67. The number of nitrogens with one attached hydrogen (secondary N) is 1. The monoisotopic (exact) mass is 226 g/mol. The highest BCUT2D eigenvalue weighted by atomic mass is 35.5. The first-order chi connectivity index (χ1) is 7.27. The molecule has 84 valence electrons. The maximum absolute atomic E-state index is 5.89. The van der Waals surface area contributed by atoms with Gasteiger partial charge in [0.2, 0.25) is 0 Å². The number of H-pyrrole nitrogens is 1. The summed E-state index contributed by atoms with van der Waals surface area (Å²) in [7, 11) is 0. The van der Waals surface area contributed by atoms with Gasteiger partial charge in [-0.15, -0.1) is 0 Å². The van der Waals surface area contributed by atoms with E-state index in [0.717, 1.165) is 21.6 Å². The smallest absolute Gasteiger partial charge is 0.0931 e. The fraction of sp³-hybridized carbons (Fsp3) is 0.417. The number of hydrogen-bond acceptors (Lipinski definition) is 1. The van der Waals surface area contributed by atoms with E-state index in [0.29, 0.717) is 0 Å². The van der Waals surface area contributed by atoms with E-state index in [-0.39, 0.29) is 0 Å². The molecule has 0 unspecified atom stereocenters. The highest BCUT2D eigenvalue weighted by Crippen LogP contribution is 2.20. The third kappa shape index (κ3) is 3.56. The van der Waals surface area contributed by atoms with Crippen LogP contribution in [0.15, 0.2) is 18.5 Å². The second-order valence-electron chi connectivity index (χ2n) is 2.52. The molecule has 0 aliphatic rings. The van der Waals surface area contributed by atoms with Crippen LogP contribution in [0.5, 0.6) is 0 Å². The van der Waals surface area contributed by atoms with E-state index in [9.17, 15) is 0 Å². The van der Waals surface area contributed by atoms with Crippen molar-refractivity contribution in [2.24, 2.45) is 0 Å². The Morgan fingerprint density at radius 3 is 2.33 bits per heavy atom. The van der Waals surface area contributed by atoms with Gasteiger partial charge in [-0.1, -0.05) is 39.3 Å². The van der Waals surface area contributed by atoms with Crippen LogP contribution in [0.2, 0.25) is 5.02 Å². The van der Waals surface area contributed by atoms with Crippen molar-refractivity contribution >= 4 is 22.6 Å². The SMILES string of the molecule is CC.CC.Cc1cc2[nH]cnc2cc1Cl. The zero-order chi connectivity index (χ0) is 11.8. The molecule has 0 saturated carbocycles. The van der Waals surface area contributed by atoms with Crippen molar-refractivity contribution in [1.29, 1.82) is 0 Å². The van der Waals surface area contributed by atoms with Crippen molar-refractivity contribution in [3.63, 3.8) is 0 Å². The largest absolute Gasteiger partial charge is 0.345 e. The first-order valence-corrected chi connectivity index (χ1v) is 5.74. The number of halogens is 1. The van der Waals surface area contributed by atoms with E-state index in [2.05, 4.69) is 9.97 Å². The summed E-state index contributed by atoms with van der Waals surface area (Å²) < 4.78 is 0. The Labute approximate surface area is 96.7 Å². The van der Waals surface area contributed by atoms with Crippen LogP contribution in [-0.4, -0.2) is 9.97 Å². The van der Waals surface area contributed by atoms with E-state index >= 15 is 0 Å². The number of rotatable bonds is 0. The summed E-state index contributed by atoms with van der Waals surface area (Å²) in [5, 5.41) is 0.768. The number of fused-ring (bicyclic) bond motifs is 1. The molecule has 0 saturated heterocycles.